The zero-order valence-corrected chi connectivity index (χ0v) is 18.9. The molecule has 0 aliphatic carbocycles. The smallest absolute Gasteiger partial charge is 0.297 e. The first-order valence-electron chi connectivity index (χ1n) is 11.2. The Morgan fingerprint density at radius 2 is 1.84 bits per heavy atom. The first-order valence-corrected chi connectivity index (χ1v) is 11.2. The highest BCUT2D eigenvalue weighted by Gasteiger charge is 2.16. The molecule has 3 aromatic heterocycles. The van der Waals surface area contributed by atoms with Crippen molar-refractivity contribution < 1.29 is 0 Å². The van der Waals surface area contributed by atoms with Gasteiger partial charge in [-0.25, -0.2) is 4.79 Å². The lowest BCUT2D eigenvalue weighted by Crippen LogP contribution is -2.25. The molecule has 32 heavy (non-hydrogen) atoms. The molecule has 1 N–H and O–H groups in total. The fourth-order valence-corrected chi connectivity index (χ4v) is 4.19. The number of rotatable bonds is 9. The Hall–Kier alpha value is -3.55. The van der Waals surface area contributed by atoms with Gasteiger partial charge in [-0.2, -0.15) is 5.21 Å². The molecule has 0 aliphatic rings. The van der Waals surface area contributed by atoms with Crippen molar-refractivity contribution in [2.45, 2.75) is 59.5 Å². The van der Waals surface area contributed by atoms with Crippen LogP contribution in [0.3, 0.4) is 0 Å². The lowest BCUT2D eigenvalue weighted by Gasteiger charge is -2.10. The van der Waals surface area contributed by atoms with Crippen molar-refractivity contribution in [3.05, 3.63) is 70.0 Å². The molecule has 3 heterocycles. The van der Waals surface area contributed by atoms with Crippen molar-refractivity contribution in [1.82, 2.24) is 34.7 Å². The molecule has 0 radical (unpaired) electrons. The SMILES string of the molecule is CCCCCc1c(C)n(CC)c(=O)n1Cc1ccc(-c2ncccc2-c2nn[nH]n2)cc1. The molecule has 0 aliphatic heterocycles. The van der Waals surface area contributed by atoms with Crippen LogP contribution in [-0.2, 0) is 19.5 Å². The lowest BCUT2D eigenvalue weighted by atomic mass is 10.0. The summed E-state index contributed by atoms with van der Waals surface area (Å²) in [6.07, 6.45) is 6.13. The van der Waals surface area contributed by atoms with Gasteiger partial charge in [0, 0.05) is 35.3 Å². The van der Waals surface area contributed by atoms with Crippen LogP contribution in [0.2, 0.25) is 0 Å². The molecular formula is C24H29N7O. The van der Waals surface area contributed by atoms with Crippen molar-refractivity contribution in [1.29, 1.82) is 0 Å². The van der Waals surface area contributed by atoms with Crippen LogP contribution in [0, 0.1) is 6.92 Å². The van der Waals surface area contributed by atoms with Crippen LogP contribution in [0.1, 0.15) is 50.1 Å². The Labute approximate surface area is 187 Å². The summed E-state index contributed by atoms with van der Waals surface area (Å²) >= 11 is 0. The number of aromatic amines is 1. The van der Waals surface area contributed by atoms with Crippen LogP contribution in [-0.4, -0.2) is 34.7 Å². The number of nitrogens with zero attached hydrogens (tertiary/aromatic N) is 6. The minimum atomic E-state index is 0.0738. The van der Waals surface area contributed by atoms with Crippen LogP contribution in [0.5, 0.6) is 0 Å². The van der Waals surface area contributed by atoms with E-state index in [1.54, 1.807) is 6.20 Å². The fraction of sp³-hybridized carbons (Fsp3) is 0.375. The van der Waals surface area contributed by atoms with E-state index in [2.05, 4.69) is 51.6 Å². The molecule has 4 rings (SSSR count). The predicted molar refractivity (Wildman–Crippen MR) is 124 cm³/mol. The monoisotopic (exact) mass is 431 g/mol. The van der Waals surface area contributed by atoms with Crippen molar-refractivity contribution >= 4 is 0 Å². The maximum Gasteiger partial charge on any atom is 0.328 e. The van der Waals surface area contributed by atoms with E-state index in [1.165, 1.54) is 12.8 Å². The predicted octanol–water partition coefficient (Wildman–Crippen LogP) is 4.00. The average Bonchev–Trinajstić information content (AvgIpc) is 3.43. The molecule has 0 atom stereocenters. The number of benzene rings is 1. The van der Waals surface area contributed by atoms with Crippen LogP contribution in [0.25, 0.3) is 22.6 Å². The molecule has 0 spiro atoms. The number of hydrogen-bond acceptors (Lipinski definition) is 5. The maximum absolute atomic E-state index is 13.0. The molecule has 0 amide bonds. The minimum Gasteiger partial charge on any atom is -0.297 e. The molecule has 0 fully saturated rings. The van der Waals surface area contributed by atoms with Crippen LogP contribution in [0.4, 0.5) is 0 Å². The van der Waals surface area contributed by atoms with Gasteiger partial charge in [-0.3, -0.25) is 14.1 Å². The summed E-state index contributed by atoms with van der Waals surface area (Å²) in [4.78, 5) is 17.6. The van der Waals surface area contributed by atoms with Crippen molar-refractivity contribution in [3.8, 4) is 22.6 Å². The molecule has 4 aromatic rings. The van der Waals surface area contributed by atoms with E-state index < -0.39 is 0 Å². The minimum absolute atomic E-state index is 0.0738. The summed E-state index contributed by atoms with van der Waals surface area (Å²) in [6.45, 7) is 7.54. The molecule has 0 unspecified atom stereocenters. The third kappa shape index (κ3) is 4.26. The van der Waals surface area contributed by atoms with Gasteiger partial charge >= 0.3 is 5.69 Å². The molecular weight excluding hydrogens is 402 g/mol. The maximum atomic E-state index is 13.0. The zero-order valence-electron chi connectivity index (χ0n) is 18.9. The number of pyridine rings is 1. The Bertz CT molecular complexity index is 1220. The molecule has 0 saturated heterocycles. The van der Waals surface area contributed by atoms with E-state index in [0.717, 1.165) is 46.6 Å². The van der Waals surface area contributed by atoms with Gasteiger partial charge in [0.1, 0.15) is 0 Å². The van der Waals surface area contributed by atoms with E-state index in [9.17, 15) is 4.79 Å². The van der Waals surface area contributed by atoms with E-state index in [1.807, 2.05) is 40.3 Å². The Morgan fingerprint density at radius 3 is 2.53 bits per heavy atom. The third-order valence-corrected chi connectivity index (χ3v) is 5.91. The first kappa shape index (κ1) is 21.7. The number of nitrogens with one attached hydrogen (secondary N) is 1. The van der Waals surface area contributed by atoms with Crippen molar-refractivity contribution in [2.24, 2.45) is 0 Å². The Balaban J connectivity index is 1.63. The second kappa shape index (κ2) is 9.72. The van der Waals surface area contributed by atoms with Gasteiger partial charge in [-0.1, -0.05) is 44.0 Å². The fourth-order valence-electron chi connectivity index (χ4n) is 4.19. The van der Waals surface area contributed by atoms with Gasteiger partial charge in [-0.05, 0) is 49.6 Å². The van der Waals surface area contributed by atoms with E-state index >= 15 is 0 Å². The third-order valence-electron chi connectivity index (χ3n) is 5.91. The second-order valence-electron chi connectivity index (χ2n) is 7.93. The zero-order chi connectivity index (χ0) is 22.5. The quantitative estimate of drug-likeness (QED) is 0.404. The largest absolute Gasteiger partial charge is 0.328 e. The van der Waals surface area contributed by atoms with Crippen LogP contribution >= 0.6 is 0 Å². The van der Waals surface area contributed by atoms with Gasteiger partial charge in [0.25, 0.3) is 0 Å². The second-order valence-corrected chi connectivity index (χ2v) is 7.93. The summed E-state index contributed by atoms with van der Waals surface area (Å²) in [5.41, 5.74) is 5.97. The molecule has 166 valence electrons. The average molecular weight is 432 g/mol. The van der Waals surface area contributed by atoms with Gasteiger partial charge in [0.15, 0.2) is 0 Å². The highest BCUT2D eigenvalue weighted by atomic mass is 16.1. The summed E-state index contributed by atoms with van der Waals surface area (Å²) in [5.74, 6) is 0.511. The highest BCUT2D eigenvalue weighted by Crippen LogP contribution is 2.27. The summed E-state index contributed by atoms with van der Waals surface area (Å²) in [5, 5.41) is 14.3. The van der Waals surface area contributed by atoms with Gasteiger partial charge in [0.2, 0.25) is 5.82 Å². The molecule has 8 nitrogen and oxygen atoms in total. The Kier molecular flexibility index (Phi) is 6.58. The number of H-pyrrole nitrogens is 1. The number of imidazole rings is 1. The van der Waals surface area contributed by atoms with Crippen molar-refractivity contribution in [3.63, 3.8) is 0 Å². The van der Waals surface area contributed by atoms with Gasteiger partial charge in [-0.15, -0.1) is 10.2 Å². The molecule has 0 saturated carbocycles. The van der Waals surface area contributed by atoms with Gasteiger partial charge in [0.05, 0.1) is 12.2 Å². The summed E-state index contributed by atoms with van der Waals surface area (Å²) < 4.78 is 3.82. The Morgan fingerprint density at radius 1 is 1.03 bits per heavy atom. The summed E-state index contributed by atoms with van der Waals surface area (Å²) in [6, 6.07) is 12.0. The van der Waals surface area contributed by atoms with E-state index in [4.69, 9.17) is 0 Å². The summed E-state index contributed by atoms with van der Waals surface area (Å²) in [7, 11) is 0. The topological polar surface area (TPSA) is 94.3 Å². The normalized spacial score (nSPS) is 11.2. The molecule has 1 aromatic carbocycles. The van der Waals surface area contributed by atoms with Crippen LogP contribution in [0.15, 0.2) is 47.4 Å². The van der Waals surface area contributed by atoms with E-state index in [-0.39, 0.29) is 5.69 Å². The van der Waals surface area contributed by atoms with Crippen LogP contribution < -0.4 is 5.69 Å². The first-order chi connectivity index (χ1) is 15.6. The number of hydrogen-bond donors (Lipinski definition) is 1. The van der Waals surface area contributed by atoms with E-state index in [0.29, 0.717) is 18.9 Å². The number of aromatic nitrogens is 7. The lowest BCUT2D eigenvalue weighted by molar-refractivity contribution is 0.638. The molecule has 8 heteroatoms. The van der Waals surface area contributed by atoms with Crippen molar-refractivity contribution in [2.75, 3.05) is 0 Å². The number of tetrazole rings is 1. The van der Waals surface area contributed by atoms with Gasteiger partial charge < -0.3 is 0 Å². The molecule has 0 bridgehead atoms. The number of unbranched alkanes of at least 4 members (excludes halogenated alkanes) is 2. The highest BCUT2D eigenvalue weighted by molar-refractivity contribution is 5.76. The standard InChI is InChI=1S/C24H29N7O/c1-4-6-7-10-21-17(3)30(5-2)24(32)31(21)16-18-11-13-19(14-12-18)22-20(9-8-15-25-22)23-26-28-29-27-23/h8-9,11-15H,4-7,10,16H2,1-3H3,(H,26,27,28,29).